The van der Waals surface area contributed by atoms with E-state index in [-0.39, 0.29) is 11.9 Å². The fourth-order valence-electron chi connectivity index (χ4n) is 2.98. The van der Waals surface area contributed by atoms with E-state index in [1.165, 1.54) is 7.11 Å². The maximum Gasteiger partial charge on any atom is 0.256 e. The number of methoxy groups -OCH3 is 2. The first kappa shape index (κ1) is 19.7. The largest absolute Gasteiger partial charge is 0.497 e. The second-order valence-electron chi connectivity index (χ2n) is 5.78. The summed E-state index contributed by atoms with van der Waals surface area (Å²) in [6.45, 7) is 6.46. The van der Waals surface area contributed by atoms with Gasteiger partial charge in [-0.15, -0.1) is 0 Å². The van der Waals surface area contributed by atoms with Crippen molar-refractivity contribution in [2.45, 2.75) is 19.9 Å². The molecule has 6 nitrogen and oxygen atoms in total. The lowest BCUT2D eigenvalue weighted by Gasteiger charge is -2.30. The van der Waals surface area contributed by atoms with Crippen molar-refractivity contribution in [1.29, 1.82) is 0 Å². The number of hydrogen-bond acceptors (Lipinski definition) is 5. The second-order valence-corrected chi connectivity index (χ2v) is 5.78. The number of nitrogens with zero attached hydrogens (tertiary/aromatic N) is 2. The number of aromatic nitrogens is 1. The molecule has 1 heterocycles. The van der Waals surface area contributed by atoms with Gasteiger partial charge in [0, 0.05) is 12.7 Å². The highest BCUT2D eigenvalue weighted by Crippen LogP contribution is 2.24. The normalized spacial score (nSPS) is 11.9. The molecule has 1 amide bonds. The lowest BCUT2D eigenvalue weighted by molar-refractivity contribution is 0.0931. The number of likely N-dealkylation sites (N-methyl/N-ethyl adjacent to an activating group) is 1. The Morgan fingerprint density at radius 3 is 2.58 bits per heavy atom. The van der Waals surface area contributed by atoms with E-state index in [2.05, 4.69) is 35.1 Å². The zero-order valence-electron chi connectivity index (χ0n) is 15.9. The maximum atomic E-state index is 12.6. The van der Waals surface area contributed by atoms with Gasteiger partial charge in [0.25, 0.3) is 5.91 Å². The number of pyridine rings is 1. The van der Waals surface area contributed by atoms with Gasteiger partial charge in [-0.2, -0.15) is 0 Å². The van der Waals surface area contributed by atoms with Gasteiger partial charge in [0.15, 0.2) is 0 Å². The predicted molar refractivity (Wildman–Crippen MR) is 102 cm³/mol. The molecule has 2 aromatic rings. The van der Waals surface area contributed by atoms with Gasteiger partial charge in [-0.25, -0.2) is 4.98 Å². The minimum absolute atomic E-state index is 0.0479. The fraction of sp³-hybridized carbons (Fsp3) is 0.400. The molecule has 0 aliphatic carbocycles. The topological polar surface area (TPSA) is 63.7 Å². The Bertz CT molecular complexity index is 717. The third kappa shape index (κ3) is 4.73. The van der Waals surface area contributed by atoms with Gasteiger partial charge in [-0.3, -0.25) is 9.69 Å². The molecule has 0 aliphatic rings. The Labute approximate surface area is 155 Å². The van der Waals surface area contributed by atoms with Crippen LogP contribution >= 0.6 is 0 Å². The smallest absolute Gasteiger partial charge is 0.256 e. The zero-order valence-corrected chi connectivity index (χ0v) is 15.9. The van der Waals surface area contributed by atoms with E-state index in [9.17, 15) is 4.79 Å². The molecule has 0 spiro atoms. The highest BCUT2D eigenvalue weighted by molar-refractivity contribution is 5.96. The molecule has 6 heteroatoms. The van der Waals surface area contributed by atoms with Crippen LogP contribution in [0.3, 0.4) is 0 Å². The van der Waals surface area contributed by atoms with Gasteiger partial charge in [0.2, 0.25) is 5.88 Å². The number of rotatable bonds is 9. The number of hydrogen-bond donors (Lipinski definition) is 1. The second kappa shape index (κ2) is 9.77. The van der Waals surface area contributed by atoms with Crippen LogP contribution in [0, 0.1) is 0 Å². The third-order valence-corrected chi connectivity index (χ3v) is 4.40. The molecular weight excluding hydrogens is 330 g/mol. The van der Waals surface area contributed by atoms with Crippen molar-refractivity contribution in [1.82, 2.24) is 15.2 Å². The van der Waals surface area contributed by atoms with Crippen molar-refractivity contribution >= 4 is 5.91 Å². The number of nitrogens with one attached hydrogen (secondary N) is 1. The van der Waals surface area contributed by atoms with Crippen molar-refractivity contribution in [2.75, 3.05) is 33.9 Å². The van der Waals surface area contributed by atoms with Crippen LogP contribution in [-0.4, -0.2) is 49.6 Å². The van der Waals surface area contributed by atoms with Crippen molar-refractivity contribution in [3.05, 3.63) is 53.7 Å². The van der Waals surface area contributed by atoms with Crippen LogP contribution in [-0.2, 0) is 0 Å². The Morgan fingerprint density at radius 2 is 1.92 bits per heavy atom. The Balaban J connectivity index is 2.20. The van der Waals surface area contributed by atoms with Gasteiger partial charge < -0.3 is 14.8 Å². The van der Waals surface area contributed by atoms with E-state index >= 15 is 0 Å². The summed E-state index contributed by atoms with van der Waals surface area (Å²) >= 11 is 0. The summed E-state index contributed by atoms with van der Waals surface area (Å²) in [6.07, 6.45) is 1.60. The molecule has 1 unspecified atom stereocenters. The van der Waals surface area contributed by atoms with Gasteiger partial charge in [0.05, 0.1) is 20.3 Å². The summed E-state index contributed by atoms with van der Waals surface area (Å²) < 4.78 is 10.5. The summed E-state index contributed by atoms with van der Waals surface area (Å²) in [5.74, 6) is 0.931. The molecule has 2 rings (SSSR count). The molecule has 1 aromatic carbocycles. The summed E-state index contributed by atoms with van der Waals surface area (Å²) in [4.78, 5) is 19.0. The molecule has 140 valence electrons. The standard InChI is InChI=1S/C20H27N3O3/c1-5-23(6-2)18(15-9-7-10-16(13-15)25-3)14-22-19(24)17-11-8-12-21-20(17)26-4/h7-13,18H,5-6,14H2,1-4H3,(H,22,24). The Kier molecular flexibility index (Phi) is 7.41. The number of amides is 1. The molecule has 0 radical (unpaired) electrons. The SMILES string of the molecule is CCN(CC)C(CNC(=O)c1cccnc1OC)c1cccc(OC)c1. The molecule has 1 aromatic heterocycles. The highest BCUT2D eigenvalue weighted by Gasteiger charge is 2.21. The third-order valence-electron chi connectivity index (χ3n) is 4.40. The Hall–Kier alpha value is -2.60. The highest BCUT2D eigenvalue weighted by atomic mass is 16.5. The average molecular weight is 357 g/mol. The van der Waals surface area contributed by atoms with Gasteiger partial charge in [0.1, 0.15) is 11.3 Å². The van der Waals surface area contributed by atoms with E-state index in [1.54, 1.807) is 25.4 Å². The van der Waals surface area contributed by atoms with Crippen LogP contribution in [0.2, 0.25) is 0 Å². The molecule has 26 heavy (non-hydrogen) atoms. The molecule has 0 fully saturated rings. The molecule has 1 N–H and O–H groups in total. The number of carbonyl (C=O) groups excluding carboxylic acids is 1. The van der Waals surface area contributed by atoms with Gasteiger partial charge in [-0.1, -0.05) is 26.0 Å². The van der Waals surface area contributed by atoms with Crippen molar-refractivity contribution in [2.24, 2.45) is 0 Å². The van der Waals surface area contributed by atoms with Crippen LogP contribution in [0.25, 0.3) is 0 Å². The van der Waals surface area contributed by atoms with Crippen LogP contribution in [0.5, 0.6) is 11.6 Å². The number of ether oxygens (including phenoxy) is 2. The number of carbonyl (C=O) groups is 1. The first-order chi connectivity index (χ1) is 12.6. The molecule has 0 saturated heterocycles. The molecule has 0 saturated carbocycles. The molecule has 1 atom stereocenters. The van der Waals surface area contributed by atoms with Crippen LogP contribution in [0.4, 0.5) is 0 Å². The number of benzene rings is 1. The molecular formula is C20H27N3O3. The average Bonchev–Trinajstić information content (AvgIpc) is 2.70. The van der Waals surface area contributed by atoms with Crippen molar-refractivity contribution in [3.8, 4) is 11.6 Å². The first-order valence-corrected chi connectivity index (χ1v) is 8.79. The maximum absolute atomic E-state index is 12.6. The summed E-state index contributed by atoms with van der Waals surface area (Å²) in [7, 11) is 3.16. The van der Waals surface area contributed by atoms with E-state index < -0.39 is 0 Å². The van der Waals surface area contributed by atoms with E-state index in [0.717, 1.165) is 24.4 Å². The Morgan fingerprint density at radius 1 is 1.15 bits per heavy atom. The summed E-state index contributed by atoms with van der Waals surface area (Å²) in [5.41, 5.74) is 1.53. The van der Waals surface area contributed by atoms with E-state index in [4.69, 9.17) is 9.47 Å². The summed E-state index contributed by atoms with van der Waals surface area (Å²) in [6, 6.07) is 11.4. The minimum Gasteiger partial charge on any atom is -0.497 e. The van der Waals surface area contributed by atoms with E-state index in [0.29, 0.717) is 18.0 Å². The fourth-order valence-corrected chi connectivity index (χ4v) is 2.98. The zero-order chi connectivity index (χ0) is 18.9. The molecule has 0 bridgehead atoms. The first-order valence-electron chi connectivity index (χ1n) is 8.79. The summed E-state index contributed by atoms with van der Waals surface area (Å²) in [5, 5.41) is 3.02. The van der Waals surface area contributed by atoms with Gasteiger partial charge >= 0.3 is 0 Å². The van der Waals surface area contributed by atoms with Crippen LogP contribution in [0.1, 0.15) is 35.8 Å². The predicted octanol–water partition coefficient (Wildman–Crippen LogP) is 2.91. The monoisotopic (exact) mass is 357 g/mol. The van der Waals surface area contributed by atoms with E-state index in [1.807, 2.05) is 18.2 Å². The lowest BCUT2D eigenvalue weighted by atomic mass is 10.0. The van der Waals surface area contributed by atoms with Gasteiger partial charge in [-0.05, 0) is 42.9 Å². The van der Waals surface area contributed by atoms with Crippen molar-refractivity contribution < 1.29 is 14.3 Å². The van der Waals surface area contributed by atoms with Crippen LogP contribution < -0.4 is 14.8 Å². The van der Waals surface area contributed by atoms with Crippen molar-refractivity contribution in [3.63, 3.8) is 0 Å². The minimum atomic E-state index is -0.199. The quantitative estimate of drug-likeness (QED) is 0.748. The molecule has 0 aliphatic heterocycles. The van der Waals surface area contributed by atoms with Crippen LogP contribution in [0.15, 0.2) is 42.6 Å². The lowest BCUT2D eigenvalue weighted by Crippen LogP contribution is -2.38.